The lowest BCUT2D eigenvalue weighted by atomic mass is 10.3. The number of nitro groups is 1. The Kier molecular flexibility index (Phi) is 4.28. The van der Waals surface area contributed by atoms with E-state index in [4.69, 9.17) is 28.9 Å². The van der Waals surface area contributed by atoms with E-state index in [-0.39, 0.29) is 19.3 Å². The Hall–Kier alpha value is -1.55. The summed E-state index contributed by atoms with van der Waals surface area (Å²) in [6.45, 7) is 0. The van der Waals surface area contributed by atoms with Crippen LogP contribution in [0.25, 0.3) is 0 Å². The van der Waals surface area contributed by atoms with Crippen molar-refractivity contribution < 1.29 is 13.3 Å². The van der Waals surface area contributed by atoms with Crippen molar-refractivity contribution in [3.05, 3.63) is 43.7 Å². The number of anilines is 2. The summed E-state index contributed by atoms with van der Waals surface area (Å²) in [7, 11) is -4.00. The molecule has 0 aliphatic carbocycles. The minimum Gasteiger partial charge on any atom is -0.398 e. The first-order valence-corrected chi connectivity index (χ1v) is 8.28. The first kappa shape index (κ1) is 15.8. The molecule has 21 heavy (non-hydrogen) atoms. The van der Waals surface area contributed by atoms with E-state index < -0.39 is 20.6 Å². The number of rotatable bonds is 4. The molecule has 0 radical (unpaired) electrons. The van der Waals surface area contributed by atoms with E-state index in [9.17, 15) is 18.5 Å². The summed E-state index contributed by atoms with van der Waals surface area (Å²) in [6.07, 6.45) is 0. The number of benzene rings is 1. The van der Waals surface area contributed by atoms with Gasteiger partial charge in [-0.25, -0.2) is 8.42 Å². The summed E-state index contributed by atoms with van der Waals surface area (Å²) in [4.78, 5) is 9.93. The smallest absolute Gasteiger partial charge is 0.300 e. The van der Waals surface area contributed by atoms with E-state index in [1.54, 1.807) is 0 Å². The van der Waals surface area contributed by atoms with Gasteiger partial charge >= 0.3 is 0 Å². The summed E-state index contributed by atoms with van der Waals surface area (Å²) < 4.78 is 26.0. The van der Waals surface area contributed by atoms with Gasteiger partial charge in [0.25, 0.3) is 15.7 Å². The molecule has 0 spiro atoms. The summed E-state index contributed by atoms with van der Waals surface area (Å²) in [5, 5.41) is 10.9. The molecule has 2 rings (SSSR count). The number of hydrogen-bond acceptors (Lipinski definition) is 6. The lowest BCUT2D eigenvalue weighted by Crippen LogP contribution is -2.11. The molecule has 1 heterocycles. The van der Waals surface area contributed by atoms with E-state index in [1.807, 2.05) is 0 Å². The maximum absolute atomic E-state index is 12.1. The van der Waals surface area contributed by atoms with E-state index in [0.29, 0.717) is 17.0 Å². The van der Waals surface area contributed by atoms with Crippen molar-refractivity contribution in [1.29, 1.82) is 0 Å². The first-order valence-electron chi connectivity index (χ1n) is 5.22. The molecule has 0 unspecified atom stereocenters. The summed E-state index contributed by atoms with van der Waals surface area (Å²) in [5.41, 5.74) is 5.54. The second kappa shape index (κ2) is 5.68. The molecule has 0 amide bonds. The van der Waals surface area contributed by atoms with Crippen molar-refractivity contribution in [2.75, 3.05) is 10.5 Å². The van der Waals surface area contributed by atoms with Crippen molar-refractivity contribution in [2.45, 2.75) is 4.21 Å². The summed E-state index contributed by atoms with van der Waals surface area (Å²) >= 11 is 12.0. The Balaban J connectivity index is 2.36. The molecule has 0 fully saturated rings. The minimum absolute atomic E-state index is 0.182. The van der Waals surface area contributed by atoms with Crippen molar-refractivity contribution in [2.24, 2.45) is 0 Å². The van der Waals surface area contributed by atoms with Crippen LogP contribution in [-0.2, 0) is 10.0 Å². The zero-order valence-electron chi connectivity index (χ0n) is 10.0. The zero-order chi connectivity index (χ0) is 15.8. The topological polar surface area (TPSA) is 115 Å². The van der Waals surface area contributed by atoms with Gasteiger partial charge in [0.05, 0.1) is 21.3 Å². The van der Waals surface area contributed by atoms with Gasteiger partial charge in [-0.05, 0) is 18.2 Å². The highest BCUT2D eigenvalue weighted by atomic mass is 35.5. The van der Waals surface area contributed by atoms with Crippen molar-refractivity contribution in [1.82, 2.24) is 0 Å². The van der Waals surface area contributed by atoms with Crippen molar-refractivity contribution >= 4 is 61.6 Å². The number of thiophene rings is 1. The number of sulfonamides is 1. The quantitative estimate of drug-likeness (QED) is 0.488. The Labute approximate surface area is 133 Å². The molecule has 1 aromatic carbocycles. The molecule has 11 heteroatoms. The van der Waals surface area contributed by atoms with Gasteiger partial charge < -0.3 is 5.73 Å². The van der Waals surface area contributed by atoms with Crippen LogP contribution in [0.4, 0.5) is 17.1 Å². The van der Waals surface area contributed by atoms with Crippen LogP contribution in [0, 0.1) is 10.1 Å². The van der Waals surface area contributed by atoms with E-state index in [1.165, 1.54) is 18.2 Å². The lowest BCUT2D eigenvalue weighted by molar-refractivity contribution is -0.384. The van der Waals surface area contributed by atoms with Crippen LogP contribution in [0.3, 0.4) is 0 Å². The molecule has 0 saturated heterocycles. The molecule has 0 bridgehead atoms. The highest BCUT2D eigenvalue weighted by molar-refractivity contribution is 7.94. The van der Waals surface area contributed by atoms with Gasteiger partial charge in [-0.1, -0.05) is 23.2 Å². The van der Waals surface area contributed by atoms with Crippen LogP contribution in [0.2, 0.25) is 9.36 Å². The van der Waals surface area contributed by atoms with Crippen LogP contribution in [-0.4, -0.2) is 13.3 Å². The summed E-state index contributed by atoms with van der Waals surface area (Å²) in [5.74, 6) is 0. The number of nitrogens with one attached hydrogen (secondary N) is 1. The normalized spacial score (nSPS) is 11.3. The van der Waals surface area contributed by atoms with E-state index in [2.05, 4.69) is 4.72 Å². The van der Waals surface area contributed by atoms with Crippen LogP contribution in [0.1, 0.15) is 0 Å². The lowest BCUT2D eigenvalue weighted by Gasteiger charge is -2.07. The highest BCUT2D eigenvalue weighted by Crippen LogP contribution is 2.37. The second-order valence-electron chi connectivity index (χ2n) is 3.82. The van der Waals surface area contributed by atoms with E-state index >= 15 is 0 Å². The SMILES string of the molecule is Nc1ccc(NS(=O)(=O)c2cc([N+](=O)[O-])c(Cl)s2)cc1Cl. The third-order valence-electron chi connectivity index (χ3n) is 2.36. The molecule has 0 atom stereocenters. The average molecular weight is 368 g/mol. The van der Waals surface area contributed by atoms with Gasteiger partial charge in [0.2, 0.25) is 0 Å². The van der Waals surface area contributed by atoms with Crippen LogP contribution in [0.5, 0.6) is 0 Å². The fourth-order valence-corrected chi connectivity index (χ4v) is 4.29. The van der Waals surface area contributed by atoms with Gasteiger partial charge in [0, 0.05) is 6.07 Å². The fraction of sp³-hybridized carbons (Fsp3) is 0. The number of nitrogens with two attached hydrogens (primary N) is 1. The van der Waals surface area contributed by atoms with Crippen LogP contribution < -0.4 is 10.5 Å². The number of nitrogens with zero attached hydrogens (tertiary/aromatic N) is 1. The predicted octanol–water partition coefficient (Wildman–Crippen LogP) is 3.35. The molecule has 0 saturated carbocycles. The van der Waals surface area contributed by atoms with Crippen molar-refractivity contribution in [3.63, 3.8) is 0 Å². The number of halogens is 2. The fourth-order valence-electron chi connectivity index (χ4n) is 1.39. The van der Waals surface area contributed by atoms with E-state index in [0.717, 1.165) is 6.07 Å². The zero-order valence-corrected chi connectivity index (χ0v) is 13.2. The molecule has 0 aliphatic heterocycles. The Morgan fingerprint density at radius 1 is 1.29 bits per heavy atom. The molecule has 2 aromatic rings. The maximum atomic E-state index is 12.1. The third-order valence-corrected chi connectivity index (χ3v) is 5.88. The molecular weight excluding hydrogens is 361 g/mol. The Bertz CT molecular complexity index is 820. The highest BCUT2D eigenvalue weighted by Gasteiger charge is 2.25. The Morgan fingerprint density at radius 2 is 1.95 bits per heavy atom. The van der Waals surface area contributed by atoms with Crippen LogP contribution in [0.15, 0.2) is 28.5 Å². The molecule has 112 valence electrons. The maximum Gasteiger partial charge on any atom is 0.300 e. The molecule has 3 N–H and O–H groups in total. The van der Waals surface area contributed by atoms with Crippen LogP contribution >= 0.6 is 34.5 Å². The van der Waals surface area contributed by atoms with Gasteiger partial charge in [0.1, 0.15) is 4.21 Å². The predicted molar refractivity (Wildman–Crippen MR) is 82.7 cm³/mol. The standard InChI is InChI=1S/C10H7Cl2N3O4S2/c11-6-3-5(1-2-7(6)13)14-21(18,19)9-4-8(15(16)17)10(12)20-9/h1-4,14H,13H2. The molecule has 7 nitrogen and oxygen atoms in total. The third kappa shape index (κ3) is 3.38. The van der Waals surface area contributed by atoms with Gasteiger partial charge in [-0.2, -0.15) is 0 Å². The van der Waals surface area contributed by atoms with Crippen molar-refractivity contribution in [3.8, 4) is 0 Å². The monoisotopic (exact) mass is 367 g/mol. The number of hydrogen-bond donors (Lipinski definition) is 2. The average Bonchev–Trinajstić information content (AvgIpc) is 2.77. The summed E-state index contributed by atoms with van der Waals surface area (Å²) in [6, 6.07) is 5.08. The molecule has 1 aromatic heterocycles. The minimum atomic E-state index is -4.00. The number of nitrogen functional groups attached to an aromatic ring is 1. The van der Waals surface area contributed by atoms with Gasteiger partial charge in [-0.15, -0.1) is 11.3 Å². The molecular formula is C10H7Cl2N3O4S2. The van der Waals surface area contributed by atoms with Gasteiger partial charge in [-0.3, -0.25) is 14.8 Å². The molecule has 0 aliphatic rings. The largest absolute Gasteiger partial charge is 0.398 e. The first-order chi connectivity index (χ1) is 9.70. The van der Waals surface area contributed by atoms with Gasteiger partial charge in [0.15, 0.2) is 4.34 Å². The second-order valence-corrected chi connectivity index (χ2v) is 7.79. The Morgan fingerprint density at radius 3 is 2.48 bits per heavy atom.